The summed E-state index contributed by atoms with van der Waals surface area (Å²) in [7, 11) is 0. The van der Waals surface area contributed by atoms with Crippen molar-refractivity contribution in [3.63, 3.8) is 0 Å². The minimum atomic E-state index is -0.100. The number of aliphatic hydroxyl groups excluding tert-OH is 1. The van der Waals surface area contributed by atoms with Gasteiger partial charge in [-0.15, -0.1) is 0 Å². The number of aliphatic hydroxyl groups is 1. The number of hydrogen-bond acceptors (Lipinski definition) is 3. The second-order valence-electron chi connectivity index (χ2n) is 6.62. The molecule has 2 rings (SSSR count). The van der Waals surface area contributed by atoms with E-state index < -0.39 is 0 Å². The number of piperidine rings is 1. The molecule has 1 fully saturated rings. The molecule has 1 heterocycles. The van der Waals surface area contributed by atoms with Crippen molar-refractivity contribution in [2.45, 2.75) is 33.1 Å². The predicted molar refractivity (Wildman–Crippen MR) is 91.8 cm³/mol. The Labute approximate surface area is 138 Å². The van der Waals surface area contributed by atoms with Gasteiger partial charge in [-0.2, -0.15) is 0 Å². The number of ether oxygens (including phenoxy) is 1. The van der Waals surface area contributed by atoms with Gasteiger partial charge in [0.25, 0.3) is 0 Å². The number of benzene rings is 1. The normalized spacial score (nSPS) is 18.1. The Balaban J connectivity index is 1.81. The SMILES string of the molecule is CC(C)CCOc1ccc(NC(=O)N2CCC[C@@H](CO)C2)cc1. The summed E-state index contributed by atoms with van der Waals surface area (Å²) in [5.74, 6) is 1.65. The Kier molecular flexibility index (Phi) is 6.71. The lowest BCUT2D eigenvalue weighted by molar-refractivity contribution is 0.136. The standard InChI is InChI=1S/C18H28N2O3/c1-14(2)9-11-23-17-7-5-16(6-8-17)19-18(22)20-10-3-4-15(12-20)13-21/h5-8,14-15,21H,3-4,9-13H2,1-2H3,(H,19,22)/t15-/m1/s1. The van der Waals surface area contributed by atoms with E-state index in [0.717, 1.165) is 37.2 Å². The number of amides is 2. The summed E-state index contributed by atoms with van der Waals surface area (Å²) in [5, 5.41) is 12.2. The molecular weight excluding hydrogens is 292 g/mol. The Hall–Kier alpha value is -1.75. The van der Waals surface area contributed by atoms with Gasteiger partial charge >= 0.3 is 6.03 Å². The molecule has 2 N–H and O–H groups in total. The van der Waals surface area contributed by atoms with Crippen molar-refractivity contribution in [2.24, 2.45) is 11.8 Å². The van der Waals surface area contributed by atoms with Gasteiger partial charge in [-0.1, -0.05) is 13.8 Å². The molecule has 0 saturated carbocycles. The highest BCUT2D eigenvalue weighted by atomic mass is 16.5. The van der Waals surface area contributed by atoms with E-state index in [1.54, 1.807) is 4.90 Å². The summed E-state index contributed by atoms with van der Waals surface area (Å²) < 4.78 is 5.67. The number of carbonyl (C=O) groups excluding carboxylic acids is 1. The molecule has 5 nitrogen and oxygen atoms in total. The van der Waals surface area contributed by atoms with E-state index in [2.05, 4.69) is 19.2 Å². The van der Waals surface area contributed by atoms with Crippen LogP contribution in [0, 0.1) is 11.8 Å². The van der Waals surface area contributed by atoms with Crippen LogP contribution in [0.25, 0.3) is 0 Å². The third kappa shape index (κ3) is 5.75. The van der Waals surface area contributed by atoms with Crippen molar-refractivity contribution in [2.75, 3.05) is 31.6 Å². The Morgan fingerprint density at radius 3 is 2.78 bits per heavy atom. The molecule has 1 saturated heterocycles. The minimum Gasteiger partial charge on any atom is -0.494 e. The van der Waals surface area contributed by atoms with E-state index in [1.165, 1.54) is 0 Å². The van der Waals surface area contributed by atoms with Gasteiger partial charge in [0.15, 0.2) is 0 Å². The van der Waals surface area contributed by atoms with Crippen molar-refractivity contribution < 1.29 is 14.6 Å². The van der Waals surface area contributed by atoms with Crippen molar-refractivity contribution in [1.29, 1.82) is 0 Å². The second kappa shape index (κ2) is 8.77. The van der Waals surface area contributed by atoms with Crippen LogP contribution in [0.4, 0.5) is 10.5 Å². The summed E-state index contributed by atoms with van der Waals surface area (Å²) in [5.41, 5.74) is 0.761. The van der Waals surface area contributed by atoms with Gasteiger partial charge in [0.05, 0.1) is 6.61 Å². The number of likely N-dealkylation sites (tertiary alicyclic amines) is 1. The summed E-state index contributed by atoms with van der Waals surface area (Å²) in [6.45, 7) is 6.57. The molecule has 0 radical (unpaired) electrons. The number of carbonyl (C=O) groups is 1. The maximum atomic E-state index is 12.3. The number of urea groups is 1. The number of hydrogen-bond donors (Lipinski definition) is 2. The Morgan fingerprint density at radius 1 is 1.39 bits per heavy atom. The maximum Gasteiger partial charge on any atom is 0.321 e. The van der Waals surface area contributed by atoms with Gasteiger partial charge in [-0.25, -0.2) is 4.79 Å². The monoisotopic (exact) mass is 320 g/mol. The number of nitrogens with one attached hydrogen (secondary N) is 1. The molecule has 0 aromatic heterocycles. The highest BCUT2D eigenvalue weighted by molar-refractivity contribution is 5.89. The molecule has 0 unspecified atom stereocenters. The van der Waals surface area contributed by atoms with Gasteiger partial charge in [0, 0.05) is 25.4 Å². The highest BCUT2D eigenvalue weighted by Gasteiger charge is 2.23. The molecule has 1 atom stereocenters. The number of anilines is 1. The van der Waals surface area contributed by atoms with Crippen LogP contribution in [0.15, 0.2) is 24.3 Å². The van der Waals surface area contributed by atoms with Crippen molar-refractivity contribution in [3.8, 4) is 5.75 Å². The van der Waals surface area contributed by atoms with Crippen LogP contribution < -0.4 is 10.1 Å². The van der Waals surface area contributed by atoms with Gasteiger partial charge in [0.2, 0.25) is 0 Å². The molecule has 5 heteroatoms. The van der Waals surface area contributed by atoms with E-state index in [-0.39, 0.29) is 18.6 Å². The lowest BCUT2D eigenvalue weighted by Gasteiger charge is -2.31. The average molecular weight is 320 g/mol. The van der Waals surface area contributed by atoms with E-state index >= 15 is 0 Å². The fourth-order valence-electron chi connectivity index (χ4n) is 2.65. The first-order valence-corrected chi connectivity index (χ1v) is 8.48. The quantitative estimate of drug-likeness (QED) is 0.845. The van der Waals surface area contributed by atoms with Gasteiger partial charge < -0.3 is 20.1 Å². The Bertz CT molecular complexity index is 488. The van der Waals surface area contributed by atoms with Crippen LogP contribution in [0.3, 0.4) is 0 Å². The first-order chi connectivity index (χ1) is 11.1. The smallest absolute Gasteiger partial charge is 0.321 e. The number of nitrogens with zero attached hydrogens (tertiary/aromatic N) is 1. The predicted octanol–water partition coefficient (Wildman–Crippen LogP) is 3.35. The fraction of sp³-hybridized carbons (Fsp3) is 0.611. The van der Waals surface area contributed by atoms with Gasteiger partial charge in [-0.05, 0) is 55.4 Å². The zero-order valence-corrected chi connectivity index (χ0v) is 14.1. The molecule has 1 aromatic carbocycles. The summed E-state index contributed by atoms with van der Waals surface area (Å²) in [6.07, 6.45) is 2.96. The molecule has 0 aliphatic carbocycles. The summed E-state index contributed by atoms with van der Waals surface area (Å²) in [6, 6.07) is 7.37. The molecule has 1 aliphatic heterocycles. The topological polar surface area (TPSA) is 61.8 Å². The van der Waals surface area contributed by atoms with Crippen LogP contribution >= 0.6 is 0 Å². The lowest BCUT2D eigenvalue weighted by Crippen LogP contribution is -2.43. The molecule has 1 aromatic rings. The van der Waals surface area contributed by atoms with Crippen LogP contribution in [-0.4, -0.2) is 42.3 Å². The van der Waals surface area contributed by atoms with Gasteiger partial charge in [0.1, 0.15) is 5.75 Å². The highest BCUT2D eigenvalue weighted by Crippen LogP contribution is 2.19. The largest absolute Gasteiger partial charge is 0.494 e. The molecule has 23 heavy (non-hydrogen) atoms. The molecular formula is C18H28N2O3. The van der Waals surface area contributed by atoms with Crippen molar-refractivity contribution in [3.05, 3.63) is 24.3 Å². The molecule has 128 valence electrons. The number of rotatable bonds is 6. The minimum absolute atomic E-state index is 0.100. The van der Waals surface area contributed by atoms with E-state index in [0.29, 0.717) is 19.1 Å². The molecule has 0 bridgehead atoms. The van der Waals surface area contributed by atoms with Crippen LogP contribution in [0.1, 0.15) is 33.1 Å². The molecule has 1 aliphatic rings. The van der Waals surface area contributed by atoms with Crippen molar-refractivity contribution >= 4 is 11.7 Å². The lowest BCUT2D eigenvalue weighted by atomic mass is 9.99. The van der Waals surface area contributed by atoms with E-state index in [9.17, 15) is 9.90 Å². The van der Waals surface area contributed by atoms with Crippen LogP contribution in [0.2, 0.25) is 0 Å². The zero-order valence-electron chi connectivity index (χ0n) is 14.1. The van der Waals surface area contributed by atoms with E-state index in [1.807, 2.05) is 24.3 Å². The first-order valence-electron chi connectivity index (χ1n) is 8.48. The second-order valence-corrected chi connectivity index (χ2v) is 6.62. The van der Waals surface area contributed by atoms with Crippen LogP contribution in [-0.2, 0) is 0 Å². The molecule has 2 amide bonds. The maximum absolute atomic E-state index is 12.3. The zero-order chi connectivity index (χ0) is 16.7. The third-order valence-electron chi connectivity index (χ3n) is 4.13. The fourth-order valence-corrected chi connectivity index (χ4v) is 2.65. The average Bonchev–Trinajstić information content (AvgIpc) is 2.56. The summed E-state index contributed by atoms with van der Waals surface area (Å²) in [4.78, 5) is 14.0. The van der Waals surface area contributed by atoms with Crippen molar-refractivity contribution in [1.82, 2.24) is 4.90 Å². The first kappa shape index (κ1) is 17.6. The van der Waals surface area contributed by atoms with E-state index in [4.69, 9.17) is 4.74 Å². The molecule has 0 spiro atoms. The summed E-state index contributed by atoms with van der Waals surface area (Å²) >= 11 is 0. The van der Waals surface area contributed by atoms with Crippen LogP contribution in [0.5, 0.6) is 5.75 Å². The Morgan fingerprint density at radius 2 is 2.13 bits per heavy atom. The van der Waals surface area contributed by atoms with Gasteiger partial charge in [-0.3, -0.25) is 0 Å². The third-order valence-corrected chi connectivity index (χ3v) is 4.13.